The van der Waals surface area contributed by atoms with Gasteiger partial charge >= 0.3 is 6.18 Å². The molecule has 3 N–H and O–H groups in total. The van der Waals surface area contributed by atoms with Gasteiger partial charge in [0.05, 0.1) is 37.1 Å². The summed E-state index contributed by atoms with van der Waals surface area (Å²) in [4.78, 5) is 28.6. The quantitative estimate of drug-likeness (QED) is 0.331. The number of alkyl halides is 3. The van der Waals surface area contributed by atoms with Crippen LogP contribution in [-0.4, -0.2) is 53.9 Å². The van der Waals surface area contributed by atoms with Crippen LogP contribution < -0.4 is 11.1 Å². The summed E-state index contributed by atoms with van der Waals surface area (Å²) in [5.74, 6) is -1.02. The normalized spacial score (nSPS) is 24.2. The third kappa shape index (κ3) is 5.05. The molecule has 3 atom stereocenters. The molecule has 13 heteroatoms. The maximum Gasteiger partial charge on any atom is 0.416 e. The predicted octanol–water partition coefficient (Wildman–Crippen LogP) is 3.70. The fraction of sp³-hybridized carbons (Fsp3) is 0.462. The number of nitrogens with zero attached hydrogens (tertiary/aromatic N) is 1. The first-order valence-electron chi connectivity index (χ1n) is 12.4. The lowest BCUT2D eigenvalue weighted by Crippen LogP contribution is -2.55. The van der Waals surface area contributed by atoms with E-state index in [-0.39, 0.29) is 22.9 Å². The first-order valence-corrected chi connectivity index (χ1v) is 14.9. The highest BCUT2D eigenvalue weighted by atomic mass is 35.5. The number of halogens is 4. The number of nitrogens with one attached hydrogen (secondary N) is 1. The fourth-order valence-electron chi connectivity index (χ4n) is 5.31. The lowest BCUT2D eigenvalue weighted by atomic mass is 9.93. The SMILES string of the molecule is NC(S)C1(NC(=O)[C@@H]2C[C@@H](S(=O)(=O)c3ccccc3Cl)CN2C(=O)C2(c3ccc(C(F)(F)F)cc3)CC2)CC1. The third-order valence-corrected chi connectivity index (χ3v) is 11.2. The number of benzene rings is 2. The van der Waals surface area contributed by atoms with E-state index in [4.69, 9.17) is 17.3 Å². The van der Waals surface area contributed by atoms with Crippen LogP contribution in [0.1, 0.15) is 43.2 Å². The number of carbonyl (C=O) groups excluding carboxylic acids is 2. The molecule has 2 aliphatic carbocycles. The Labute approximate surface area is 234 Å². The first kappa shape index (κ1) is 28.3. The zero-order valence-corrected chi connectivity index (χ0v) is 23.1. The van der Waals surface area contributed by atoms with Crippen molar-refractivity contribution in [3.05, 3.63) is 64.7 Å². The van der Waals surface area contributed by atoms with Gasteiger partial charge in [-0.3, -0.25) is 9.59 Å². The molecular formula is C26H27ClF3N3O4S2. The number of hydrogen-bond acceptors (Lipinski definition) is 6. The van der Waals surface area contributed by atoms with Gasteiger partial charge in [-0.2, -0.15) is 25.8 Å². The molecule has 3 aliphatic rings. The van der Waals surface area contributed by atoms with Crippen molar-refractivity contribution in [1.29, 1.82) is 0 Å². The number of likely N-dealkylation sites (tertiary alicyclic amines) is 1. The second kappa shape index (κ2) is 9.67. The van der Waals surface area contributed by atoms with Gasteiger partial charge in [0, 0.05) is 6.54 Å². The molecule has 3 fully saturated rings. The van der Waals surface area contributed by atoms with Crippen LogP contribution in [0.4, 0.5) is 13.2 Å². The average molecular weight is 602 g/mol. The van der Waals surface area contributed by atoms with Crippen molar-refractivity contribution in [2.24, 2.45) is 5.73 Å². The third-order valence-electron chi connectivity index (χ3n) is 8.06. The van der Waals surface area contributed by atoms with Crippen molar-refractivity contribution < 1.29 is 31.2 Å². The smallest absolute Gasteiger partial charge is 0.346 e. The van der Waals surface area contributed by atoms with Gasteiger partial charge in [-0.05, 0) is 61.9 Å². The minimum absolute atomic E-state index is 0.0321. The fourth-order valence-corrected chi connectivity index (χ4v) is 7.85. The van der Waals surface area contributed by atoms with Gasteiger partial charge in [-0.25, -0.2) is 8.42 Å². The molecular weight excluding hydrogens is 575 g/mol. The van der Waals surface area contributed by atoms with E-state index in [9.17, 15) is 31.2 Å². The van der Waals surface area contributed by atoms with Crippen molar-refractivity contribution in [1.82, 2.24) is 10.2 Å². The number of hydrogen-bond donors (Lipinski definition) is 3. The Hall–Kier alpha value is -2.28. The predicted molar refractivity (Wildman–Crippen MR) is 142 cm³/mol. The van der Waals surface area contributed by atoms with Crippen LogP contribution in [0.2, 0.25) is 5.02 Å². The molecule has 2 aromatic carbocycles. The highest BCUT2D eigenvalue weighted by molar-refractivity contribution is 7.92. The number of rotatable bonds is 7. The van der Waals surface area contributed by atoms with Crippen molar-refractivity contribution in [3.63, 3.8) is 0 Å². The van der Waals surface area contributed by atoms with Crippen LogP contribution in [0.25, 0.3) is 0 Å². The number of amides is 2. The number of nitrogens with two attached hydrogens (primary N) is 1. The van der Waals surface area contributed by atoms with Crippen LogP contribution in [0.15, 0.2) is 53.4 Å². The van der Waals surface area contributed by atoms with Crippen LogP contribution in [0, 0.1) is 0 Å². The summed E-state index contributed by atoms with van der Waals surface area (Å²) in [6, 6.07) is 9.24. The van der Waals surface area contributed by atoms with E-state index in [1.165, 1.54) is 35.2 Å². The molecule has 39 heavy (non-hydrogen) atoms. The molecule has 1 saturated heterocycles. The maximum atomic E-state index is 14.0. The zero-order valence-electron chi connectivity index (χ0n) is 20.6. The molecule has 0 aromatic heterocycles. The van der Waals surface area contributed by atoms with E-state index >= 15 is 0 Å². The molecule has 2 aromatic rings. The Morgan fingerprint density at radius 2 is 1.69 bits per heavy atom. The Balaban J connectivity index is 1.47. The average Bonchev–Trinajstić information content (AvgIpc) is 3.80. The molecule has 0 radical (unpaired) electrons. The maximum absolute atomic E-state index is 14.0. The lowest BCUT2D eigenvalue weighted by molar-refractivity contribution is -0.140. The first-order chi connectivity index (χ1) is 18.2. The molecule has 1 unspecified atom stereocenters. The van der Waals surface area contributed by atoms with E-state index in [0.717, 1.165) is 12.1 Å². The minimum Gasteiger partial charge on any atom is -0.346 e. The molecule has 1 aliphatic heterocycles. The standard InChI is InChI=1S/C26H27ClF3N3O4S2/c27-18-3-1-2-4-20(18)39(36,37)17-13-19(21(34)32-25(11-12-25)22(31)38)33(14-17)23(35)24(9-10-24)15-5-7-16(8-6-15)26(28,29)30/h1-8,17,19,22,38H,9-14,31H2,(H,32,34)/t17-,19+,22?/m1/s1. The van der Waals surface area contributed by atoms with Crippen molar-refractivity contribution in [2.45, 2.75) is 70.8 Å². The molecule has 0 spiro atoms. The van der Waals surface area contributed by atoms with Gasteiger partial charge in [0.2, 0.25) is 11.8 Å². The van der Waals surface area contributed by atoms with Crippen LogP contribution in [0.5, 0.6) is 0 Å². The van der Waals surface area contributed by atoms with Crippen molar-refractivity contribution in [3.8, 4) is 0 Å². The van der Waals surface area contributed by atoms with Gasteiger partial charge in [0.15, 0.2) is 9.84 Å². The summed E-state index contributed by atoms with van der Waals surface area (Å²) in [5.41, 5.74) is 3.64. The molecule has 2 saturated carbocycles. The molecule has 210 valence electrons. The molecule has 0 bridgehead atoms. The van der Waals surface area contributed by atoms with E-state index in [2.05, 4.69) is 17.9 Å². The molecule has 5 rings (SSSR count). The van der Waals surface area contributed by atoms with Gasteiger partial charge in [-0.15, -0.1) is 0 Å². The summed E-state index contributed by atoms with van der Waals surface area (Å²) in [7, 11) is -4.03. The molecule has 1 heterocycles. The van der Waals surface area contributed by atoms with E-state index < -0.39 is 61.0 Å². The Bertz CT molecular complexity index is 1410. The summed E-state index contributed by atoms with van der Waals surface area (Å²) in [6.07, 6.45) is -2.75. The highest BCUT2D eigenvalue weighted by Gasteiger charge is 2.58. The second-order valence-electron chi connectivity index (χ2n) is 10.6. The molecule has 2 amide bonds. The summed E-state index contributed by atoms with van der Waals surface area (Å²) in [6.45, 7) is -0.257. The zero-order chi connectivity index (χ0) is 28.4. The summed E-state index contributed by atoms with van der Waals surface area (Å²) in [5, 5.41) is 1.15. The van der Waals surface area contributed by atoms with Crippen molar-refractivity contribution in [2.75, 3.05) is 6.54 Å². The monoisotopic (exact) mass is 601 g/mol. The lowest BCUT2D eigenvalue weighted by Gasteiger charge is -2.30. The second-order valence-corrected chi connectivity index (χ2v) is 13.7. The van der Waals surface area contributed by atoms with Crippen LogP contribution in [0.3, 0.4) is 0 Å². The van der Waals surface area contributed by atoms with E-state index in [1.54, 1.807) is 6.07 Å². The highest BCUT2D eigenvalue weighted by Crippen LogP contribution is 2.51. The topological polar surface area (TPSA) is 110 Å². The summed E-state index contributed by atoms with van der Waals surface area (Å²) >= 11 is 10.4. The number of thiol groups is 1. The van der Waals surface area contributed by atoms with E-state index in [1.807, 2.05) is 0 Å². The minimum atomic E-state index is -4.52. The largest absolute Gasteiger partial charge is 0.416 e. The van der Waals surface area contributed by atoms with Crippen molar-refractivity contribution >= 4 is 45.9 Å². The Morgan fingerprint density at radius 3 is 2.21 bits per heavy atom. The van der Waals surface area contributed by atoms with Gasteiger partial charge in [0.25, 0.3) is 0 Å². The number of carbonyl (C=O) groups is 2. The number of sulfone groups is 1. The summed E-state index contributed by atoms with van der Waals surface area (Å²) < 4.78 is 66.4. The van der Waals surface area contributed by atoms with Gasteiger partial charge < -0.3 is 16.0 Å². The van der Waals surface area contributed by atoms with Gasteiger partial charge in [0.1, 0.15) is 6.04 Å². The van der Waals surface area contributed by atoms with Crippen LogP contribution in [-0.2, 0) is 31.0 Å². The van der Waals surface area contributed by atoms with Crippen LogP contribution >= 0.6 is 24.2 Å². The molecule has 7 nitrogen and oxygen atoms in total. The Kier molecular flexibility index (Phi) is 7.01. The van der Waals surface area contributed by atoms with E-state index in [0.29, 0.717) is 31.2 Å². The Morgan fingerprint density at radius 1 is 1.08 bits per heavy atom. The van der Waals surface area contributed by atoms with Gasteiger partial charge in [-0.1, -0.05) is 35.9 Å².